The highest BCUT2D eigenvalue weighted by Gasteiger charge is 2.27. The molecule has 0 bridgehead atoms. The minimum atomic E-state index is -2.88. The number of carbonyl (C=O) groups is 2. The second kappa shape index (κ2) is 8.97. The number of pyridine rings is 1. The molecular formula is C20H16F2N6O5S. The first kappa shape index (κ1) is 23.0. The number of nitrogens with zero attached hydrogens (tertiary/aromatic N) is 4. The van der Waals surface area contributed by atoms with Gasteiger partial charge in [-0.25, -0.2) is 13.8 Å². The summed E-state index contributed by atoms with van der Waals surface area (Å²) in [5.74, 6) is -1.94. The Hall–Kier alpha value is -4.20. The van der Waals surface area contributed by atoms with E-state index in [0.29, 0.717) is 0 Å². The first-order valence-corrected chi connectivity index (χ1v) is 10.5. The number of nitrogens with two attached hydrogens (primary N) is 1. The lowest BCUT2D eigenvalue weighted by atomic mass is 10.1. The van der Waals surface area contributed by atoms with Crippen molar-refractivity contribution in [2.24, 2.45) is 11.7 Å². The third-order valence-electron chi connectivity index (χ3n) is 4.90. The quantitative estimate of drug-likeness (QED) is 0.279. The summed E-state index contributed by atoms with van der Waals surface area (Å²) >= 11 is 0.771. The maximum absolute atomic E-state index is 13.5. The highest BCUT2D eigenvalue weighted by molar-refractivity contribution is 7.21. The van der Waals surface area contributed by atoms with Crippen molar-refractivity contribution in [3.63, 3.8) is 0 Å². The van der Waals surface area contributed by atoms with Gasteiger partial charge in [-0.05, 0) is 18.2 Å². The average molecular weight is 490 g/mol. The molecule has 0 aliphatic carbocycles. The van der Waals surface area contributed by atoms with Crippen LogP contribution >= 0.6 is 11.3 Å². The number of carbonyl (C=O) groups excluding carboxylic acids is 2. The van der Waals surface area contributed by atoms with Crippen LogP contribution in [0.25, 0.3) is 21.5 Å². The van der Waals surface area contributed by atoms with E-state index in [1.54, 1.807) is 19.1 Å². The van der Waals surface area contributed by atoms with Gasteiger partial charge in [0.05, 0.1) is 29.3 Å². The van der Waals surface area contributed by atoms with Crippen molar-refractivity contribution in [1.82, 2.24) is 14.8 Å². The van der Waals surface area contributed by atoms with E-state index in [-0.39, 0.29) is 44.3 Å². The Morgan fingerprint density at radius 3 is 2.76 bits per heavy atom. The Morgan fingerprint density at radius 1 is 1.41 bits per heavy atom. The second-order valence-corrected chi connectivity index (χ2v) is 8.29. The molecule has 0 aliphatic rings. The molecule has 2 amide bonds. The zero-order valence-corrected chi connectivity index (χ0v) is 18.2. The molecule has 0 spiro atoms. The summed E-state index contributed by atoms with van der Waals surface area (Å²) in [4.78, 5) is 39.2. The van der Waals surface area contributed by atoms with E-state index in [0.717, 1.165) is 23.6 Å². The fourth-order valence-electron chi connectivity index (χ4n) is 3.30. The lowest BCUT2D eigenvalue weighted by Gasteiger charge is -2.13. The van der Waals surface area contributed by atoms with Crippen LogP contribution in [0.1, 0.15) is 28.7 Å². The van der Waals surface area contributed by atoms with E-state index >= 15 is 0 Å². The maximum Gasteiger partial charge on any atom is 0.306 e. The minimum Gasteiger partial charge on any atom is -0.464 e. The van der Waals surface area contributed by atoms with Gasteiger partial charge < -0.3 is 15.5 Å². The van der Waals surface area contributed by atoms with Crippen molar-refractivity contribution in [3.05, 3.63) is 57.5 Å². The van der Waals surface area contributed by atoms with Crippen molar-refractivity contribution in [3.8, 4) is 11.3 Å². The number of hydrogen-bond donors (Lipinski definition) is 2. The van der Waals surface area contributed by atoms with Gasteiger partial charge in [-0.1, -0.05) is 6.92 Å². The van der Waals surface area contributed by atoms with E-state index in [2.05, 4.69) is 15.4 Å². The fraction of sp³-hybridized carbons (Fsp3) is 0.200. The van der Waals surface area contributed by atoms with Crippen LogP contribution in [-0.2, 0) is 11.3 Å². The molecule has 0 saturated heterocycles. The predicted molar refractivity (Wildman–Crippen MR) is 117 cm³/mol. The number of primary amides is 1. The van der Waals surface area contributed by atoms with Crippen molar-refractivity contribution in [2.75, 3.05) is 5.32 Å². The Morgan fingerprint density at radius 2 is 2.18 bits per heavy atom. The summed E-state index contributed by atoms with van der Waals surface area (Å²) in [7, 11) is 0. The number of anilines is 1. The summed E-state index contributed by atoms with van der Waals surface area (Å²) in [6.45, 7) is 1.56. The predicted octanol–water partition coefficient (Wildman–Crippen LogP) is 3.97. The Balaban J connectivity index is 1.74. The van der Waals surface area contributed by atoms with Crippen LogP contribution < -0.4 is 11.1 Å². The van der Waals surface area contributed by atoms with E-state index in [1.165, 1.54) is 17.1 Å². The summed E-state index contributed by atoms with van der Waals surface area (Å²) in [6.07, 6.45) is 0.718. The van der Waals surface area contributed by atoms with Gasteiger partial charge in [0.25, 0.3) is 12.3 Å². The second-order valence-electron chi connectivity index (χ2n) is 7.29. The van der Waals surface area contributed by atoms with Crippen molar-refractivity contribution < 1.29 is 27.7 Å². The monoisotopic (exact) mass is 490 g/mol. The average Bonchev–Trinajstić information content (AvgIpc) is 3.53. The van der Waals surface area contributed by atoms with Gasteiger partial charge in [0.2, 0.25) is 5.91 Å². The van der Waals surface area contributed by atoms with E-state index in [9.17, 15) is 28.5 Å². The van der Waals surface area contributed by atoms with Crippen LogP contribution in [0.3, 0.4) is 0 Å². The first-order chi connectivity index (χ1) is 16.2. The van der Waals surface area contributed by atoms with Crippen LogP contribution in [0.5, 0.6) is 0 Å². The van der Waals surface area contributed by atoms with Gasteiger partial charge in [-0.3, -0.25) is 24.4 Å². The zero-order valence-electron chi connectivity index (χ0n) is 17.4. The summed E-state index contributed by atoms with van der Waals surface area (Å²) in [5.41, 5.74) is 4.98. The summed E-state index contributed by atoms with van der Waals surface area (Å²) < 4.78 is 33.5. The molecule has 4 heterocycles. The molecular weight excluding hydrogens is 474 g/mol. The van der Waals surface area contributed by atoms with Gasteiger partial charge in [-0.15, -0.1) is 11.3 Å². The molecule has 11 nitrogen and oxygen atoms in total. The van der Waals surface area contributed by atoms with Crippen molar-refractivity contribution >= 4 is 44.7 Å². The van der Waals surface area contributed by atoms with Crippen LogP contribution in [0, 0.1) is 16.0 Å². The molecule has 0 radical (unpaired) electrons. The third-order valence-corrected chi connectivity index (χ3v) is 6.00. The Bertz CT molecular complexity index is 1400. The number of aromatic nitrogens is 3. The maximum atomic E-state index is 13.5. The van der Waals surface area contributed by atoms with Crippen LogP contribution in [-0.4, -0.2) is 31.5 Å². The molecule has 176 valence electrons. The summed E-state index contributed by atoms with van der Waals surface area (Å²) in [6, 6.07) is 4.24. The van der Waals surface area contributed by atoms with Crippen LogP contribution in [0.15, 0.2) is 41.3 Å². The molecule has 0 aromatic carbocycles. The number of amides is 2. The molecule has 4 aromatic rings. The topological polar surface area (TPSA) is 159 Å². The molecule has 0 saturated carbocycles. The molecule has 4 rings (SSSR count). The SMILES string of the molecule is CC(Cn1cc([N+](=O)[O-])cn1)C(=O)Nc1c(C(N)=O)sc2nc(C(F)F)cc(-c3ccco3)c12. The lowest BCUT2D eigenvalue weighted by Crippen LogP contribution is -2.25. The molecule has 0 fully saturated rings. The number of rotatable bonds is 8. The molecule has 1 unspecified atom stereocenters. The normalized spacial score (nSPS) is 12.2. The third kappa shape index (κ3) is 4.34. The number of thiophene rings is 1. The van der Waals surface area contributed by atoms with Gasteiger partial charge in [0.1, 0.15) is 33.6 Å². The number of hydrogen-bond acceptors (Lipinski definition) is 8. The molecule has 14 heteroatoms. The molecule has 3 N–H and O–H groups in total. The van der Waals surface area contributed by atoms with Crippen LogP contribution in [0.4, 0.5) is 20.2 Å². The van der Waals surface area contributed by atoms with Gasteiger partial charge in [0, 0.05) is 10.9 Å². The zero-order chi connectivity index (χ0) is 24.6. The Kier molecular flexibility index (Phi) is 6.06. The van der Waals surface area contributed by atoms with Gasteiger partial charge in [-0.2, -0.15) is 5.10 Å². The largest absolute Gasteiger partial charge is 0.464 e. The number of fused-ring (bicyclic) bond motifs is 1. The highest BCUT2D eigenvalue weighted by Crippen LogP contribution is 2.42. The highest BCUT2D eigenvalue weighted by atomic mass is 32.1. The van der Waals surface area contributed by atoms with E-state index < -0.39 is 34.8 Å². The number of alkyl halides is 2. The number of halogens is 2. The molecule has 34 heavy (non-hydrogen) atoms. The number of nitro groups is 1. The Labute approximate surface area is 193 Å². The lowest BCUT2D eigenvalue weighted by molar-refractivity contribution is -0.385. The van der Waals surface area contributed by atoms with E-state index in [1.807, 2.05) is 0 Å². The van der Waals surface area contributed by atoms with Crippen molar-refractivity contribution in [2.45, 2.75) is 19.9 Å². The minimum absolute atomic E-state index is 0.00642. The standard InChI is InChI=1S/C20H16F2N6O5S/c1-9(7-27-8-10(6-24-27)28(31)32)19(30)26-15-14-11(13-3-2-4-33-13)5-12(17(21)22)25-20(14)34-16(15)18(23)29/h2-6,8-9,17H,7H2,1H3,(H2,23,29)(H,26,30). The number of nitrogens with one attached hydrogen (secondary N) is 1. The fourth-order valence-corrected chi connectivity index (χ4v) is 4.32. The first-order valence-electron chi connectivity index (χ1n) is 9.72. The molecule has 0 aliphatic heterocycles. The summed E-state index contributed by atoms with van der Waals surface area (Å²) in [5, 5.41) is 17.6. The van der Waals surface area contributed by atoms with Gasteiger partial charge in [0.15, 0.2) is 0 Å². The van der Waals surface area contributed by atoms with Crippen LogP contribution in [0.2, 0.25) is 0 Å². The van der Waals surface area contributed by atoms with E-state index in [4.69, 9.17) is 10.2 Å². The molecule has 4 aromatic heterocycles. The smallest absolute Gasteiger partial charge is 0.306 e. The molecule has 1 atom stereocenters. The van der Waals surface area contributed by atoms with Crippen molar-refractivity contribution in [1.29, 1.82) is 0 Å². The number of furan rings is 1. The van der Waals surface area contributed by atoms with Gasteiger partial charge >= 0.3 is 5.69 Å².